The first-order valence-electron chi connectivity index (χ1n) is 6.39. The fraction of sp³-hybridized carbons (Fsp3) is 0.385. The molecule has 148 valence electrons. The molecule has 26 heavy (non-hydrogen) atoms. The maximum Gasteiger partial charge on any atom is 0.534 e. The van der Waals surface area contributed by atoms with Crippen molar-refractivity contribution in [3.05, 3.63) is 35.4 Å². The predicted molar refractivity (Wildman–Crippen MR) is 71.6 cm³/mol. The van der Waals surface area contributed by atoms with E-state index in [0.29, 0.717) is 0 Å². The molecule has 0 saturated heterocycles. The van der Waals surface area contributed by atoms with Crippen LogP contribution in [0.2, 0.25) is 0 Å². The van der Waals surface area contributed by atoms with E-state index < -0.39 is 50.8 Å². The standard InChI is InChI=1S/C13H9F9O3S/c1-2-3-7-6-8(11(16,17)12(18,19)10(14)15)4-5-9(7)25-26(23,24)13(20,21)22/h2-6,10H,1H3. The monoisotopic (exact) mass is 416 g/mol. The first-order valence-corrected chi connectivity index (χ1v) is 7.80. The van der Waals surface area contributed by atoms with E-state index in [0.717, 1.165) is 12.2 Å². The van der Waals surface area contributed by atoms with Gasteiger partial charge in [0.1, 0.15) is 5.75 Å². The predicted octanol–water partition coefficient (Wildman–Crippen LogP) is 4.94. The van der Waals surface area contributed by atoms with Gasteiger partial charge in [0, 0.05) is 11.1 Å². The molecule has 0 amide bonds. The highest BCUT2D eigenvalue weighted by atomic mass is 32.2. The molecular formula is C13H9F9O3S. The summed E-state index contributed by atoms with van der Waals surface area (Å²) < 4.78 is 141. The number of benzene rings is 1. The van der Waals surface area contributed by atoms with Crippen LogP contribution in [0.5, 0.6) is 5.75 Å². The summed E-state index contributed by atoms with van der Waals surface area (Å²) in [6.07, 6.45) is -2.93. The van der Waals surface area contributed by atoms with E-state index in [4.69, 9.17) is 0 Å². The van der Waals surface area contributed by atoms with Crippen molar-refractivity contribution in [2.24, 2.45) is 0 Å². The van der Waals surface area contributed by atoms with Crippen LogP contribution in [0.15, 0.2) is 24.3 Å². The van der Waals surface area contributed by atoms with Gasteiger partial charge in [-0.2, -0.15) is 39.2 Å². The normalized spacial score (nSPS) is 14.3. The zero-order valence-electron chi connectivity index (χ0n) is 12.5. The fourth-order valence-electron chi connectivity index (χ4n) is 1.62. The van der Waals surface area contributed by atoms with Gasteiger partial charge in [-0.05, 0) is 25.1 Å². The van der Waals surface area contributed by atoms with Gasteiger partial charge in [-0.3, -0.25) is 0 Å². The van der Waals surface area contributed by atoms with Gasteiger partial charge >= 0.3 is 33.9 Å². The lowest BCUT2D eigenvalue weighted by Gasteiger charge is -2.26. The number of hydrogen-bond donors (Lipinski definition) is 0. The molecule has 0 spiro atoms. The maximum absolute atomic E-state index is 13.7. The molecule has 1 rings (SSSR count). The van der Waals surface area contributed by atoms with Crippen LogP contribution in [0.1, 0.15) is 18.1 Å². The van der Waals surface area contributed by atoms with Gasteiger partial charge in [0.25, 0.3) is 0 Å². The summed E-state index contributed by atoms with van der Waals surface area (Å²) in [5.74, 6) is -12.3. The minimum atomic E-state index is -6.17. The number of halogens is 9. The molecule has 0 aliphatic heterocycles. The molecule has 0 aromatic heterocycles. The molecule has 3 nitrogen and oxygen atoms in total. The summed E-state index contributed by atoms with van der Waals surface area (Å²) >= 11 is 0. The first kappa shape index (κ1) is 22.1. The van der Waals surface area contributed by atoms with Crippen LogP contribution in [-0.4, -0.2) is 26.3 Å². The molecule has 0 fully saturated rings. The molecule has 1 aromatic carbocycles. The second-order valence-corrected chi connectivity index (χ2v) is 6.27. The Morgan fingerprint density at radius 2 is 1.58 bits per heavy atom. The van der Waals surface area contributed by atoms with Gasteiger partial charge in [-0.1, -0.05) is 12.2 Å². The van der Waals surface area contributed by atoms with Crippen molar-refractivity contribution in [3.8, 4) is 5.75 Å². The lowest BCUT2D eigenvalue weighted by Crippen LogP contribution is -2.44. The third-order valence-electron chi connectivity index (χ3n) is 2.89. The first-order chi connectivity index (χ1) is 11.6. The number of hydrogen-bond acceptors (Lipinski definition) is 3. The van der Waals surface area contributed by atoms with Crippen molar-refractivity contribution in [2.75, 3.05) is 0 Å². The van der Waals surface area contributed by atoms with Crippen molar-refractivity contribution in [2.45, 2.75) is 30.7 Å². The smallest absolute Gasteiger partial charge is 0.375 e. The van der Waals surface area contributed by atoms with Gasteiger partial charge < -0.3 is 4.18 Å². The summed E-state index contributed by atoms with van der Waals surface area (Å²) in [5.41, 5.74) is -8.29. The average molecular weight is 416 g/mol. The Balaban J connectivity index is 3.47. The third-order valence-corrected chi connectivity index (χ3v) is 3.86. The summed E-state index contributed by atoms with van der Waals surface area (Å²) in [6.45, 7) is 1.24. The van der Waals surface area contributed by atoms with Crippen LogP contribution < -0.4 is 4.18 Å². The van der Waals surface area contributed by atoms with Crippen LogP contribution >= 0.6 is 0 Å². The molecule has 0 heterocycles. The molecule has 0 aliphatic rings. The van der Waals surface area contributed by atoms with Gasteiger partial charge in [0.2, 0.25) is 0 Å². The molecular weight excluding hydrogens is 407 g/mol. The molecule has 1 aromatic rings. The van der Waals surface area contributed by atoms with Gasteiger partial charge in [0.15, 0.2) is 0 Å². The minimum absolute atomic E-state index is 0.0600. The van der Waals surface area contributed by atoms with E-state index >= 15 is 0 Å². The van der Waals surface area contributed by atoms with Crippen molar-refractivity contribution < 1.29 is 52.1 Å². The molecule has 0 atom stereocenters. The van der Waals surface area contributed by atoms with Crippen LogP contribution in [-0.2, 0) is 16.0 Å². The molecule has 0 bridgehead atoms. The largest absolute Gasteiger partial charge is 0.534 e. The van der Waals surface area contributed by atoms with Crippen molar-refractivity contribution >= 4 is 16.2 Å². The molecule has 0 saturated carbocycles. The topological polar surface area (TPSA) is 43.4 Å². The fourth-order valence-corrected chi connectivity index (χ4v) is 2.11. The SMILES string of the molecule is CC=Cc1cc(C(F)(F)C(F)(F)C(F)F)ccc1OS(=O)(=O)C(F)(F)F. The zero-order valence-corrected chi connectivity index (χ0v) is 13.3. The maximum atomic E-state index is 13.7. The van der Waals surface area contributed by atoms with Gasteiger partial charge in [-0.25, -0.2) is 8.78 Å². The summed E-state index contributed by atoms with van der Waals surface area (Å²) in [4.78, 5) is 0. The Labute approximate surface area is 141 Å². The van der Waals surface area contributed by atoms with Crippen molar-refractivity contribution in [3.63, 3.8) is 0 Å². The second kappa shape index (κ2) is 7.00. The Bertz CT molecular complexity index is 783. The van der Waals surface area contributed by atoms with Crippen molar-refractivity contribution in [1.82, 2.24) is 0 Å². The summed E-state index contributed by atoms with van der Waals surface area (Å²) in [6, 6.07) is 0.408. The summed E-state index contributed by atoms with van der Waals surface area (Å²) in [7, 11) is -6.17. The van der Waals surface area contributed by atoms with E-state index in [1.54, 1.807) is 0 Å². The van der Waals surface area contributed by atoms with Crippen LogP contribution in [0.25, 0.3) is 6.08 Å². The second-order valence-electron chi connectivity index (χ2n) is 4.73. The third kappa shape index (κ3) is 4.07. The lowest BCUT2D eigenvalue weighted by molar-refractivity contribution is -0.270. The highest BCUT2D eigenvalue weighted by Crippen LogP contribution is 2.47. The quantitative estimate of drug-likeness (QED) is 0.375. The molecule has 0 N–H and O–H groups in total. The minimum Gasteiger partial charge on any atom is -0.375 e. The van der Waals surface area contributed by atoms with E-state index in [-0.39, 0.29) is 18.2 Å². The lowest BCUT2D eigenvalue weighted by atomic mass is 9.99. The highest BCUT2D eigenvalue weighted by molar-refractivity contribution is 7.88. The Kier molecular flexibility index (Phi) is 5.96. The molecule has 0 radical (unpaired) electrons. The van der Waals surface area contributed by atoms with E-state index in [1.165, 1.54) is 6.92 Å². The Hall–Kier alpha value is -1.92. The molecule has 0 unspecified atom stereocenters. The van der Waals surface area contributed by atoms with Crippen LogP contribution in [0.3, 0.4) is 0 Å². The molecule has 13 heteroatoms. The van der Waals surface area contributed by atoms with Crippen LogP contribution in [0, 0.1) is 0 Å². The highest BCUT2D eigenvalue weighted by Gasteiger charge is 2.63. The Morgan fingerprint density at radius 1 is 1.04 bits per heavy atom. The number of allylic oxidation sites excluding steroid dienone is 1. The van der Waals surface area contributed by atoms with Crippen molar-refractivity contribution in [1.29, 1.82) is 0 Å². The average Bonchev–Trinajstić information content (AvgIpc) is 2.47. The van der Waals surface area contributed by atoms with Gasteiger partial charge in [-0.15, -0.1) is 0 Å². The number of alkyl halides is 9. The van der Waals surface area contributed by atoms with E-state index in [9.17, 15) is 47.9 Å². The van der Waals surface area contributed by atoms with Gasteiger partial charge in [0.05, 0.1) is 0 Å². The van der Waals surface area contributed by atoms with E-state index in [1.807, 2.05) is 0 Å². The zero-order chi connectivity index (χ0) is 20.6. The number of rotatable bonds is 6. The van der Waals surface area contributed by atoms with Crippen LogP contribution in [0.4, 0.5) is 39.5 Å². The van der Waals surface area contributed by atoms with E-state index in [2.05, 4.69) is 4.18 Å². The summed E-state index contributed by atoms with van der Waals surface area (Å²) in [5, 5.41) is 0. The molecule has 0 aliphatic carbocycles. The Morgan fingerprint density at radius 3 is 2.00 bits per heavy atom.